The predicted octanol–water partition coefficient (Wildman–Crippen LogP) is 2.43. The molecule has 0 aliphatic carbocycles. The van der Waals surface area contributed by atoms with Gasteiger partial charge in [0.05, 0.1) is 23.9 Å². The molecule has 0 aromatic carbocycles. The summed E-state index contributed by atoms with van der Waals surface area (Å²) < 4.78 is 7.51. The molecule has 102 valence electrons. The van der Waals surface area contributed by atoms with Crippen LogP contribution in [0.2, 0.25) is 5.02 Å². The molecular formula is C13H22ClN3O. The van der Waals surface area contributed by atoms with E-state index in [4.69, 9.17) is 16.3 Å². The van der Waals surface area contributed by atoms with E-state index in [0.29, 0.717) is 11.1 Å². The second kappa shape index (κ2) is 7.12. The number of nitrogens with zero attached hydrogens (tertiary/aromatic N) is 3. The van der Waals surface area contributed by atoms with Crippen molar-refractivity contribution in [3.63, 3.8) is 0 Å². The van der Waals surface area contributed by atoms with Gasteiger partial charge in [-0.2, -0.15) is 5.10 Å². The van der Waals surface area contributed by atoms with Gasteiger partial charge in [-0.25, -0.2) is 0 Å². The van der Waals surface area contributed by atoms with Gasteiger partial charge in [-0.3, -0.25) is 4.68 Å². The molecule has 1 aliphatic rings. The van der Waals surface area contributed by atoms with Crippen LogP contribution in [0, 0.1) is 0 Å². The van der Waals surface area contributed by atoms with Crippen molar-refractivity contribution in [2.45, 2.75) is 38.3 Å². The highest BCUT2D eigenvalue weighted by molar-refractivity contribution is 6.30. The van der Waals surface area contributed by atoms with Crippen molar-refractivity contribution in [3.05, 3.63) is 17.4 Å². The molecule has 2 heterocycles. The smallest absolute Gasteiger partial charge is 0.0785 e. The molecule has 1 atom stereocenters. The van der Waals surface area contributed by atoms with Crippen LogP contribution in [-0.2, 0) is 11.3 Å². The highest BCUT2D eigenvalue weighted by Crippen LogP contribution is 2.16. The van der Waals surface area contributed by atoms with Gasteiger partial charge < -0.3 is 9.64 Å². The number of hydrogen-bond acceptors (Lipinski definition) is 3. The first-order valence-corrected chi connectivity index (χ1v) is 7.10. The first kappa shape index (κ1) is 13.8. The third-order valence-corrected chi connectivity index (χ3v) is 3.60. The number of likely N-dealkylation sites (N-methyl/N-ethyl adjacent to an activating group) is 1. The van der Waals surface area contributed by atoms with Gasteiger partial charge in [-0.1, -0.05) is 11.6 Å². The molecule has 5 heteroatoms. The van der Waals surface area contributed by atoms with Crippen LogP contribution in [-0.4, -0.2) is 47.5 Å². The molecule has 4 nitrogen and oxygen atoms in total. The van der Waals surface area contributed by atoms with Crippen molar-refractivity contribution in [2.24, 2.45) is 0 Å². The van der Waals surface area contributed by atoms with Crippen LogP contribution in [0.25, 0.3) is 0 Å². The largest absolute Gasteiger partial charge is 0.378 e. The molecule has 1 saturated heterocycles. The quantitative estimate of drug-likeness (QED) is 0.763. The Bertz CT molecular complexity index is 350. The molecule has 0 spiro atoms. The molecule has 1 aromatic heterocycles. The fourth-order valence-electron chi connectivity index (χ4n) is 2.31. The molecule has 0 bridgehead atoms. The predicted molar refractivity (Wildman–Crippen MR) is 72.9 cm³/mol. The highest BCUT2D eigenvalue weighted by atomic mass is 35.5. The summed E-state index contributed by atoms with van der Waals surface area (Å²) in [6, 6.07) is 0. The zero-order valence-electron chi connectivity index (χ0n) is 11.0. The van der Waals surface area contributed by atoms with Crippen LogP contribution in [0.4, 0.5) is 0 Å². The van der Waals surface area contributed by atoms with Crippen molar-refractivity contribution < 1.29 is 4.74 Å². The van der Waals surface area contributed by atoms with Crippen LogP contribution in [0.3, 0.4) is 0 Å². The van der Waals surface area contributed by atoms with E-state index in [9.17, 15) is 0 Å². The van der Waals surface area contributed by atoms with E-state index in [-0.39, 0.29) is 0 Å². The van der Waals surface area contributed by atoms with Crippen molar-refractivity contribution in [2.75, 3.05) is 26.7 Å². The lowest BCUT2D eigenvalue weighted by molar-refractivity contribution is 0.0996. The molecule has 1 unspecified atom stereocenters. The topological polar surface area (TPSA) is 30.3 Å². The average Bonchev–Trinajstić information content (AvgIpc) is 2.98. The Morgan fingerprint density at radius 1 is 1.56 bits per heavy atom. The fraction of sp³-hybridized carbons (Fsp3) is 0.769. The minimum atomic E-state index is 0.517. The van der Waals surface area contributed by atoms with E-state index in [0.717, 1.165) is 26.2 Å². The minimum Gasteiger partial charge on any atom is -0.378 e. The van der Waals surface area contributed by atoms with E-state index in [1.165, 1.54) is 25.7 Å². The van der Waals surface area contributed by atoms with Gasteiger partial charge in [0.15, 0.2) is 0 Å². The number of aromatic nitrogens is 2. The van der Waals surface area contributed by atoms with Crippen LogP contribution >= 0.6 is 11.6 Å². The van der Waals surface area contributed by atoms with Gasteiger partial charge in [0.2, 0.25) is 0 Å². The third-order valence-electron chi connectivity index (χ3n) is 3.40. The van der Waals surface area contributed by atoms with Gasteiger partial charge in [-0.05, 0) is 39.3 Å². The maximum atomic E-state index is 5.82. The number of hydrogen-bond donors (Lipinski definition) is 0. The monoisotopic (exact) mass is 271 g/mol. The molecule has 18 heavy (non-hydrogen) atoms. The normalized spacial score (nSPS) is 19.8. The van der Waals surface area contributed by atoms with Gasteiger partial charge in [-0.15, -0.1) is 0 Å². The second-order valence-electron chi connectivity index (χ2n) is 5.00. The summed E-state index contributed by atoms with van der Waals surface area (Å²) in [7, 11) is 2.15. The summed E-state index contributed by atoms with van der Waals surface area (Å²) >= 11 is 5.82. The summed E-state index contributed by atoms with van der Waals surface area (Å²) in [5, 5.41) is 4.87. The van der Waals surface area contributed by atoms with E-state index in [2.05, 4.69) is 17.0 Å². The van der Waals surface area contributed by atoms with E-state index in [1.807, 2.05) is 10.9 Å². The molecule has 1 fully saturated rings. The Hall–Kier alpha value is -0.580. The van der Waals surface area contributed by atoms with Crippen LogP contribution < -0.4 is 0 Å². The van der Waals surface area contributed by atoms with E-state index >= 15 is 0 Å². The Labute approximate surface area is 114 Å². The third kappa shape index (κ3) is 4.59. The number of halogens is 1. The zero-order valence-corrected chi connectivity index (χ0v) is 11.8. The lowest BCUT2D eigenvalue weighted by atomic mass is 10.1. The molecule has 0 N–H and O–H groups in total. The van der Waals surface area contributed by atoms with Crippen molar-refractivity contribution in [1.29, 1.82) is 0 Å². The second-order valence-corrected chi connectivity index (χ2v) is 5.44. The summed E-state index contributed by atoms with van der Waals surface area (Å²) in [4.78, 5) is 2.34. The maximum Gasteiger partial charge on any atom is 0.0785 e. The molecule has 0 saturated carbocycles. The Kier molecular flexibility index (Phi) is 5.47. The first-order valence-electron chi connectivity index (χ1n) is 6.72. The van der Waals surface area contributed by atoms with Crippen LogP contribution in [0.1, 0.15) is 25.7 Å². The molecule has 0 amide bonds. The van der Waals surface area contributed by atoms with Gasteiger partial charge in [0, 0.05) is 19.3 Å². The van der Waals surface area contributed by atoms with Crippen molar-refractivity contribution in [1.82, 2.24) is 14.7 Å². The SMILES string of the molecule is CN(CCCC1CCCO1)CCn1cc(Cl)cn1. The van der Waals surface area contributed by atoms with Crippen molar-refractivity contribution in [3.8, 4) is 0 Å². The molecule has 0 radical (unpaired) electrons. The summed E-state index contributed by atoms with van der Waals surface area (Å²) in [5.41, 5.74) is 0. The molecule has 1 aromatic rings. The highest BCUT2D eigenvalue weighted by Gasteiger charge is 2.14. The summed E-state index contributed by atoms with van der Waals surface area (Å²) in [6.07, 6.45) is 8.94. The summed E-state index contributed by atoms with van der Waals surface area (Å²) in [5.74, 6) is 0. The average molecular weight is 272 g/mol. The molecule has 2 rings (SSSR count). The van der Waals surface area contributed by atoms with Crippen LogP contribution in [0.15, 0.2) is 12.4 Å². The number of rotatable bonds is 7. The minimum absolute atomic E-state index is 0.517. The van der Waals surface area contributed by atoms with E-state index in [1.54, 1.807) is 6.20 Å². The fourth-order valence-corrected chi connectivity index (χ4v) is 2.46. The lowest BCUT2D eigenvalue weighted by Crippen LogP contribution is -2.25. The van der Waals surface area contributed by atoms with Gasteiger partial charge >= 0.3 is 0 Å². The van der Waals surface area contributed by atoms with Crippen molar-refractivity contribution >= 4 is 11.6 Å². The lowest BCUT2D eigenvalue weighted by Gasteiger charge is -2.17. The maximum absolute atomic E-state index is 5.82. The number of ether oxygens (including phenoxy) is 1. The standard InChI is InChI=1S/C13H22ClN3O/c1-16(6-2-4-13-5-3-9-18-13)7-8-17-11-12(14)10-15-17/h10-11,13H,2-9H2,1H3. The van der Waals surface area contributed by atoms with Gasteiger partial charge in [0.1, 0.15) is 0 Å². The Balaban J connectivity index is 1.55. The van der Waals surface area contributed by atoms with Gasteiger partial charge in [0.25, 0.3) is 0 Å². The summed E-state index contributed by atoms with van der Waals surface area (Å²) in [6.45, 7) is 3.97. The first-order chi connectivity index (χ1) is 8.74. The molecule has 1 aliphatic heterocycles. The van der Waals surface area contributed by atoms with Crippen LogP contribution in [0.5, 0.6) is 0 Å². The zero-order chi connectivity index (χ0) is 12.8. The Morgan fingerprint density at radius 3 is 3.11 bits per heavy atom. The molecular weight excluding hydrogens is 250 g/mol. The van der Waals surface area contributed by atoms with E-state index < -0.39 is 0 Å². The Morgan fingerprint density at radius 2 is 2.44 bits per heavy atom.